The number of hydrogen-bond acceptors (Lipinski definition) is 8. The minimum atomic E-state index is 0.787. The SMILES string of the molecule is CCCCCCCCc1cc(C=O)sc1-c1nc2sc(-c3sc(-c4ccc(N(c5ccccc5)c5ccccc5)cc4)cc3CCCCCCCC)nc2s1. The van der Waals surface area contributed by atoms with Crippen molar-refractivity contribution in [1.29, 1.82) is 0 Å². The van der Waals surface area contributed by atoms with E-state index < -0.39 is 0 Å². The molecule has 0 radical (unpaired) electrons. The minimum absolute atomic E-state index is 0.787. The van der Waals surface area contributed by atoms with Crippen LogP contribution in [-0.2, 0) is 12.8 Å². The summed E-state index contributed by atoms with van der Waals surface area (Å²) in [7, 11) is 0. The quantitative estimate of drug-likeness (QED) is 0.0536. The number of thiophene rings is 2. The van der Waals surface area contributed by atoms with Gasteiger partial charge in [-0.1, -0.05) is 149 Å². The lowest BCUT2D eigenvalue weighted by Gasteiger charge is -2.25. The van der Waals surface area contributed by atoms with Gasteiger partial charge < -0.3 is 4.90 Å². The Hall–Kier alpha value is -3.95. The lowest BCUT2D eigenvalue weighted by Crippen LogP contribution is -2.09. The Labute approximate surface area is 343 Å². The summed E-state index contributed by atoms with van der Waals surface area (Å²) in [6.45, 7) is 4.54. The molecule has 0 saturated carbocycles. The van der Waals surface area contributed by atoms with Gasteiger partial charge in [0.1, 0.15) is 10.0 Å². The van der Waals surface area contributed by atoms with E-state index in [1.165, 1.54) is 97.1 Å². The number of carbonyl (C=O) groups excluding carboxylic acids is 1. The molecule has 0 atom stereocenters. The van der Waals surface area contributed by atoms with Gasteiger partial charge in [-0.05, 0) is 90.9 Å². The van der Waals surface area contributed by atoms with Gasteiger partial charge >= 0.3 is 0 Å². The molecule has 0 unspecified atom stereocenters. The number of aldehydes is 1. The highest BCUT2D eigenvalue weighted by atomic mass is 32.1. The van der Waals surface area contributed by atoms with Crippen LogP contribution in [0.5, 0.6) is 0 Å². The van der Waals surface area contributed by atoms with Crippen molar-refractivity contribution in [3.8, 4) is 30.2 Å². The zero-order chi connectivity index (χ0) is 37.8. The number of carbonyl (C=O) groups is 1. The third-order valence-corrected chi connectivity index (χ3v) is 14.8. The highest BCUT2D eigenvalue weighted by Gasteiger charge is 2.21. The number of unbranched alkanes of at least 4 members (excludes halogenated alkanes) is 10. The van der Waals surface area contributed by atoms with Crippen LogP contribution in [0.15, 0.2) is 97.1 Å². The van der Waals surface area contributed by atoms with Gasteiger partial charge in [0.25, 0.3) is 0 Å². The summed E-state index contributed by atoms with van der Waals surface area (Å²) < 4.78 is 0. The summed E-state index contributed by atoms with van der Waals surface area (Å²) in [5, 5.41) is 2.07. The third kappa shape index (κ3) is 9.90. The summed E-state index contributed by atoms with van der Waals surface area (Å²) in [4.78, 5) is 31.0. The Bertz CT molecular complexity index is 2160. The monoisotopic (exact) mass is 801 g/mol. The Kier molecular flexibility index (Phi) is 14.1. The molecule has 3 aromatic carbocycles. The summed E-state index contributed by atoms with van der Waals surface area (Å²) in [6.07, 6.45) is 18.3. The maximum absolute atomic E-state index is 11.8. The normalized spacial score (nSPS) is 11.5. The van der Waals surface area contributed by atoms with Crippen molar-refractivity contribution in [3.63, 3.8) is 0 Å². The van der Waals surface area contributed by atoms with Crippen LogP contribution < -0.4 is 4.90 Å². The molecule has 0 aliphatic rings. The van der Waals surface area contributed by atoms with Crippen LogP contribution >= 0.6 is 45.3 Å². The van der Waals surface area contributed by atoms with Gasteiger partial charge in [-0.2, -0.15) is 0 Å². The van der Waals surface area contributed by atoms with Crippen LogP contribution in [0.1, 0.15) is 112 Å². The topological polar surface area (TPSA) is 46.1 Å². The lowest BCUT2D eigenvalue weighted by atomic mass is 10.0. The number of fused-ring (bicyclic) bond motifs is 1. The highest BCUT2D eigenvalue weighted by molar-refractivity contribution is 7.32. The summed E-state index contributed by atoms with van der Waals surface area (Å²) in [6, 6.07) is 34.7. The fraction of sp³-hybridized carbons (Fsp3) is 0.340. The first-order valence-corrected chi connectivity index (χ1v) is 23.4. The third-order valence-electron chi connectivity index (χ3n) is 10.2. The molecule has 0 aliphatic carbocycles. The molecule has 0 bridgehead atoms. The predicted octanol–water partition coefficient (Wildman–Crippen LogP) is 16.0. The molecule has 0 aliphatic heterocycles. The van der Waals surface area contributed by atoms with Crippen molar-refractivity contribution in [3.05, 3.63) is 113 Å². The zero-order valence-corrected chi connectivity index (χ0v) is 35.4. The number of aromatic nitrogens is 2. The van der Waals surface area contributed by atoms with E-state index in [1.54, 1.807) is 34.0 Å². The number of anilines is 3. The number of nitrogens with zero attached hydrogens (tertiary/aromatic N) is 3. The molecule has 7 rings (SSSR count). The van der Waals surface area contributed by atoms with Crippen LogP contribution in [-0.4, -0.2) is 16.3 Å². The first kappa shape index (κ1) is 39.3. The van der Waals surface area contributed by atoms with Crippen LogP contribution in [0.3, 0.4) is 0 Å². The second-order valence-electron chi connectivity index (χ2n) is 14.3. The number of benzene rings is 3. The van der Waals surface area contributed by atoms with Crippen molar-refractivity contribution < 1.29 is 4.79 Å². The number of hydrogen-bond donors (Lipinski definition) is 0. The van der Waals surface area contributed by atoms with E-state index in [0.717, 1.165) is 72.0 Å². The lowest BCUT2D eigenvalue weighted by molar-refractivity contribution is 0.112. The average molecular weight is 802 g/mol. The Balaban J connectivity index is 1.15. The van der Waals surface area contributed by atoms with Crippen LogP contribution in [0.2, 0.25) is 0 Å². The first-order valence-electron chi connectivity index (χ1n) is 20.1. The second kappa shape index (κ2) is 19.8. The van der Waals surface area contributed by atoms with E-state index in [0.29, 0.717) is 0 Å². The standard InChI is InChI=1S/C47H51N3OS4/c1-3-5-7-9-11-15-21-35-31-40(33-51)52-42(35)44-48-46-47(54-44)49-45(55-46)43-36(22-16-12-10-8-6-4-2)32-41(53-43)34-27-29-39(30-28-34)50(37-23-17-13-18-24-37)38-25-19-14-20-26-38/h13-14,17-20,23-33H,3-12,15-16,21-22H2,1-2H3. The van der Waals surface area contributed by atoms with Crippen molar-refractivity contribution in [2.75, 3.05) is 4.90 Å². The summed E-state index contributed by atoms with van der Waals surface area (Å²) in [5.41, 5.74) is 7.29. The zero-order valence-electron chi connectivity index (χ0n) is 32.1. The van der Waals surface area contributed by atoms with Crippen molar-refractivity contribution in [2.45, 2.75) is 104 Å². The molecule has 0 spiro atoms. The molecule has 4 heterocycles. The highest BCUT2D eigenvalue weighted by Crippen LogP contribution is 2.45. The van der Waals surface area contributed by atoms with Gasteiger partial charge in [0.05, 0.1) is 14.6 Å². The molecular formula is C47H51N3OS4. The molecular weight excluding hydrogens is 751 g/mol. The summed E-state index contributed by atoms with van der Waals surface area (Å²) >= 11 is 6.83. The molecule has 0 N–H and O–H groups in total. The van der Waals surface area contributed by atoms with Gasteiger partial charge in [0.2, 0.25) is 0 Å². The van der Waals surface area contributed by atoms with Gasteiger partial charge in [0.15, 0.2) is 15.9 Å². The number of aryl methyl sites for hydroxylation is 2. The fourth-order valence-corrected chi connectivity index (χ4v) is 11.7. The van der Waals surface area contributed by atoms with Gasteiger partial charge in [-0.25, -0.2) is 9.97 Å². The van der Waals surface area contributed by atoms with Crippen molar-refractivity contribution in [1.82, 2.24) is 9.97 Å². The molecule has 0 amide bonds. The molecule has 7 aromatic rings. The van der Waals surface area contributed by atoms with E-state index >= 15 is 0 Å². The van der Waals surface area contributed by atoms with Gasteiger partial charge in [0, 0.05) is 21.9 Å². The Morgan fingerprint density at radius 2 is 1.00 bits per heavy atom. The molecule has 0 fully saturated rings. The first-order chi connectivity index (χ1) is 27.1. The molecule has 4 aromatic heterocycles. The largest absolute Gasteiger partial charge is 0.311 e. The number of rotatable bonds is 21. The van der Waals surface area contributed by atoms with Crippen LogP contribution in [0.4, 0.5) is 17.1 Å². The maximum Gasteiger partial charge on any atom is 0.160 e. The summed E-state index contributed by atoms with van der Waals surface area (Å²) in [5.74, 6) is 0. The Morgan fingerprint density at radius 1 is 0.527 bits per heavy atom. The molecule has 284 valence electrons. The fourth-order valence-electron chi connectivity index (χ4n) is 7.22. The predicted molar refractivity (Wildman–Crippen MR) is 242 cm³/mol. The average Bonchev–Trinajstić information content (AvgIpc) is 4.02. The van der Waals surface area contributed by atoms with E-state index in [2.05, 4.69) is 116 Å². The molecule has 8 heteroatoms. The van der Waals surface area contributed by atoms with Crippen molar-refractivity contribution in [2.24, 2.45) is 0 Å². The number of para-hydroxylation sites is 2. The Morgan fingerprint density at radius 3 is 1.53 bits per heavy atom. The minimum Gasteiger partial charge on any atom is -0.311 e. The van der Waals surface area contributed by atoms with Crippen LogP contribution in [0.25, 0.3) is 39.9 Å². The van der Waals surface area contributed by atoms with Gasteiger partial charge in [-0.3, -0.25) is 4.79 Å². The van der Waals surface area contributed by atoms with E-state index in [9.17, 15) is 4.79 Å². The maximum atomic E-state index is 11.8. The van der Waals surface area contributed by atoms with Gasteiger partial charge in [-0.15, -0.1) is 22.7 Å². The second-order valence-corrected chi connectivity index (χ2v) is 18.4. The number of thiazole rings is 2. The molecule has 0 saturated heterocycles. The van der Waals surface area contributed by atoms with E-state index in [1.807, 2.05) is 11.3 Å². The smallest absolute Gasteiger partial charge is 0.160 e. The van der Waals surface area contributed by atoms with E-state index in [4.69, 9.17) is 9.97 Å². The van der Waals surface area contributed by atoms with Crippen molar-refractivity contribution >= 4 is 78.4 Å². The van der Waals surface area contributed by atoms with Crippen LogP contribution in [0, 0.1) is 0 Å². The molecule has 4 nitrogen and oxygen atoms in total. The van der Waals surface area contributed by atoms with E-state index in [-0.39, 0.29) is 0 Å². The molecule has 55 heavy (non-hydrogen) atoms.